The second-order valence-electron chi connectivity index (χ2n) is 6.87. The molecule has 0 spiro atoms. The molecule has 2 aromatic heterocycles. The third kappa shape index (κ3) is 3.42. The Morgan fingerprint density at radius 2 is 1.60 bits per heavy atom. The molecule has 8 heteroatoms. The molecule has 0 aliphatic heterocycles. The zero-order chi connectivity index (χ0) is 21.4. The molecule has 0 aliphatic carbocycles. The normalized spacial score (nSPS) is 10.9. The molecule has 2 heterocycles. The van der Waals surface area contributed by atoms with E-state index in [1.54, 1.807) is 24.3 Å². The zero-order valence-corrected chi connectivity index (χ0v) is 17.4. The fourth-order valence-corrected chi connectivity index (χ4v) is 4.00. The predicted molar refractivity (Wildman–Crippen MR) is 118 cm³/mol. The molecule has 152 valence electrons. The predicted octanol–water partition coefficient (Wildman–Crippen LogP) is 3.65. The molecule has 0 bridgehead atoms. The summed E-state index contributed by atoms with van der Waals surface area (Å²) in [6.45, 7) is 1.87. The summed E-state index contributed by atoms with van der Waals surface area (Å²) in [6.07, 6.45) is 0. The number of para-hydroxylation sites is 1. The molecule has 0 saturated carbocycles. The van der Waals surface area contributed by atoms with Gasteiger partial charge in [0.05, 0.1) is 21.6 Å². The average Bonchev–Trinajstić information content (AvgIpc) is 3.18. The summed E-state index contributed by atoms with van der Waals surface area (Å²) in [6, 6.07) is 14.3. The number of ether oxygens (including phenoxy) is 1. The highest BCUT2D eigenvalue weighted by Crippen LogP contribution is 2.34. The number of anilines is 1. The van der Waals surface area contributed by atoms with E-state index in [1.165, 1.54) is 34.6 Å². The quantitative estimate of drug-likeness (QED) is 0.510. The Balaban J connectivity index is 1.90. The Bertz CT molecular complexity index is 1380. The van der Waals surface area contributed by atoms with Crippen LogP contribution >= 0.6 is 11.3 Å². The van der Waals surface area contributed by atoms with Gasteiger partial charge in [0.15, 0.2) is 5.75 Å². The van der Waals surface area contributed by atoms with Crippen molar-refractivity contribution in [1.82, 2.24) is 9.13 Å². The number of amides is 1. The summed E-state index contributed by atoms with van der Waals surface area (Å²) < 4.78 is 8.57. The smallest absolute Gasteiger partial charge is 0.316 e. The summed E-state index contributed by atoms with van der Waals surface area (Å²) in [5.41, 5.74) is 1.00. The van der Waals surface area contributed by atoms with Crippen molar-refractivity contribution >= 4 is 34.0 Å². The number of aryl methyl sites for hydroxylation is 3. The third-order valence-electron chi connectivity index (χ3n) is 4.88. The number of benzene rings is 2. The lowest BCUT2D eigenvalue weighted by Crippen LogP contribution is -2.39. The van der Waals surface area contributed by atoms with Crippen molar-refractivity contribution in [2.75, 3.05) is 5.32 Å². The highest BCUT2D eigenvalue weighted by Gasteiger charge is 2.18. The van der Waals surface area contributed by atoms with Crippen molar-refractivity contribution in [2.24, 2.45) is 14.1 Å². The van der Waals surface area contributed by atoms with Gasteiger partial charge in [-0.05, 0) is 42.1 Å². The van der Waals surface area contributed by atoms with Crippen molar-refractivity contribution in [1.29, 1.82) is 0 Å². The number of thiophene rings is 1. The number of nitrogens with one attached hydrogen (secondary N) is 1. The lowest BCUT2D eigenvalue weighted by molar-refractivity contribution is 0.102. The zero-order valence-electron chi connectivity index (χ0n) is 16.6. The molecular formula is C22H19N3O4S. The second kappa shape index (κ2) is 7.64. The van der Waals surface area contributed by atoms with Crippen LogP contribution in [0.3, 0.4) is 0 Å². The highest BCUT2D eigenvalue weighted by molar-refractivity contribution is 7.12. The molecule has 7 nitrogen and oxygen atoms in total. The van der Waals surface area contributed by atoms with E-state index in [0.717, 1.165) is 5.56 Å². The van der Waals surface area contributed by atoms with Gasteiger partial charge in [-0.3, -0.25) is 14.4 Å². The first-order valence-electron chi connectivity index (χ1n) is 9.19. The van der Waals surface area contributed by atoms with E-state index in [1.807, 2.05) is 36.6 Å². The van der Waals surface area contributed by atoms with Crippen LogP contribution in [0.1, 0.15) is 15.2 Å². The Labute approximate surface area is 175 Å². The van der Waals surface area contributed by atoms with Gasteiger partial charge in [-0.15, -0.1) is 11.3 Å². The molecule has 0 unspecified atom stereocenters. The summed E-state index contributed by atoms with van der Waals surface area (Å²) in [7, 11) is 3.06. The number of carbonyl (C=O) groups is 1. The summed E-state index contributed by atoms with van der Waals surface area (Å²) >= 11 is 1.35. The van der Waals surface area contributed by atoms with Gasteiger partial charge in [-0.2, -0.15) is 0 Å². The van der Waals surface area contributed by atoms with Gasteiger partial charge in [0, 0.05) is 20.2 Å². The number of aromatic nitrogens is 2. The molecule has 0 saturated heterocycles. The van der Waals surface area contributed by atoms with Gasteiger partial charge < -0.3 is 19.2 Å². The van der Waals surface area contributed by atoms with Crippen LogP contribution in [-0.4, -0.2) is 15.0 Å². The minimum absolute atomic E-state index is 0.269. The van der Waals surface area contributed by atoms with Crippen LogP contribution in [0.2, 0.25) is 0 Å². The van der Waals surface area contributed by atoms with E-state index in [4.69, 9.17) is 4.74 Å². The SMILES string of the molecule is Cc1ccsc1C(=O)Nc1cc2c(cc1Oc1ccccc1)n(C)c(=O)c(=O)n2C. The van der Waals surface area contributed by atoms with E-state index in [0.29, 0.717) is 33.1 Å². The van der Waals surface area contributed by atoms with E-state index in [9.17, 15) is 14.4 Å². The topological polar surface area (TPSA) is 82.3 Å². The lowest BCUT2D eigenvalue weighted by atomic mass is 10.2. The van der Waals surface area contributed by atoms with Crippen molar-refractivity contribution in [3.05, 3.63) is 85.1 Å². The Kier molecular flexibility index (Phi) is 5.01. The van der Waals surface area contributed by atoms with E-state index >= 15 is 0 Å². The van der Waals surface area contributed by atoms with Crippen LogP contribution < -0.4 is 21.2 Å². The van der Waals surface area contributed by atoms with Crippen LogP contribution in [0, 0.1) is 6.92 Å². The van der Waals surface area contributed by atoms with E-state index < -0.39 is 11.1 Å². The molecule has 2 aromatic carbocycles. The maximum absolute atomic E-state index is 12.8. The third-order valence-corrected chi connectivity index (χ3v) is 5.89. The fourth-order valence-electron chi connectivity index (χ4n) is 3.18. The van der Waals surface area contributed by atoms with E-state index in [-0.39, 0.29) is 5.91 Å². The maximum Gasteiger partial charge on any atom is 0.316 e. The number of rotatable bonds is 4. The maximum atomic E-state index is 12.8. The van der Waals surface area contributed by atoms with Gasteiger partial charge in [0.1, 0.15) is 5.75 Å². The van der Waals surface area contributed by atoms with Crippen molar-refractivity contribution in [3.8, 4) is 11.5 Å². The Morgan fingerprint density at radius 3 is 2.20 bits per heavy atom. The first-order valence-corrected chi connectivity index (χ1v) is 10.1. The number of fused-ring (bicyclic) bond motifs is 1. The highest BCUT2D eigenvalue weighted by atomic mass is 32.1. The minimum Gasteiger partial charge on any atom is -0.455 e. The van der Waals surface area contributed by atoms with Crippen molar-refractivity contribution in [3.63, 3.8) is 0 Å². The molecule has 30 heavy (non-hydrogen) atoms. The van der Waals surface area contributed by atoms with Crippen LogP contribution in [0.25, 0.3) is 11.0 Å². The molecule has 0 atom stereocenters. The number of hydrogen-bond donors (Lipinski definition) is 1. The molecular weight excluding hydrogens is 402 g/mol. The van der Waals surface area contributed by atoms with Gasteiger partial charge in [-0.1, -0.05) is 18.2 Å². The van der Waals surface area contributed by atoms with Crippen LogP contribution in [0.15, 0.2) is 63.5 Å². The Morgan fingerprint density at radius 1 is 0.967 bits per heavy atom. The van der Waals surface area contributed by atoms with Crippen molar-refractivity contribution < 1.29 is 9.53 Å². The lowest BCUT2D eigenvalue weighted by Gasteiger charge is -2.16. The van der Waals surface area contributed by atoms with Gasteiger partial charge in [0.2, 0.25) is 0 Å². The first-order chi connectivity index (χ1) is 14.4. The Hall–Kier alpha value is -3.65. The van der Waals surface area contributed by atoms with Crippen LogP contribution in [0.5, 0.6) is 11.5 Å². The average molecular weight is 421 g/mol. The van der Waals surface area contributed by atoms with Gasteiger partial charge in [0.25, 0.3) is 5.91 Å². The molecule has 4 rings (SSSR count). The second-order valence-corrected chi connectivity index (χ2v) is 7.78. The van der Waals surface area contributed by atoms with Gasteiger partial charge in [-0.25, -0.2) is 0 Å². The summed E-state index contributed by atoms with van der Waals surface area (Å²) in [4.78, 5) is 37.9. The fraction of sp³-hybridized carbons (Fsp3) is 0.136. The van der Waals surface area contributed by atoms with Crippen molar-refractivity contribution in [2.45, 2.75) is 6.92 Å². The minimum atomic E-state index is -0.645. The monoisotopic (exact) mass is 421 g/mol. The number of nitrogens with zero attached hydrogens (tertiary/aromatic N) is 2. The number of hydrogen-bond acceptors (Lipinski definition) is 5. The van der Waals surface area contributed by atoms with Gasteiger partial charge >= 0.3 is 11.1 Å². The molecule has 0 fully saturated rings. The largest absolute Gasteiger partial charge is 0.455 e. The first kappa shape index (κ1) is 19.7. The summed E-state index contributed by atoms with van der Waals surface area (Å²) in [5.74, 6) is 0.675. The standard InChI is InChI=1S/C22H19N3O4S/c1-13-9-10-30-19(13)20(26)23-15-11-16-17(25(3)22(28)21(27)24(16)2)12-18(15)29-14-7-5-4-6-8-14/h4-12H,1-3H3,(H,23,26). The molecule has 1 N–H and O–H groups in total. The summed E-state index contributed by atoms with van der Waals surface area (Å²) in [5, 5.41) is 4.74. The molecule has 0 radical (unpaired) electrons. The van der Waals surface area contributed by atoms with Crippen LogP contribution in [0.4, 0.5) is 5.69 Å². The number of carbonyl (C=O) groups excluding carboxylic acids is 1. The van der Waals surface area contributed by atoms with E-state index in [2.05, 4.69) is 5.32 Å². The molecule has 1 amide bonds. The molecule has 0 aliphatic rings. The van der Waals surface area contributed by atoms with Crippen LogP contribution in [-0.2, 0) is 14.1 Å². The molecule has 4 aromatic rings.